The van der Waals surface area contributed by atoms with Gasteiger partial charge >= 0.3 is 0 Å². The van der Waals surface area contributed by atoms with E-state index >= 15 is 0 Å². The number of hydrogen-bond donors (Lipinski definition) is 2. The average molecular weight is 324 g/mol. The first-order chi connectivity index (χ1) is 8.79. The molecule has 0 saturated carbocycles. The summed E-state index contributed by atoms with van der Waals surface area (Å²) >= 11 is 0. The van der Waals surface area contributed by atoms with Gasteiger partial charge in [-0.2, -0.15) is 0 Å². The Labute approximate surface area is 125 Å². The van der Waals surface area contributed by atoms with Gasteiger partial charge in [-0.25, -0.2) is 0 Å². The molecule has 2 aromatic carbocycles. The van der Waals surface area contributed by atoms with Crippen LogP contribution >= 0.6 is 17.0 Å². The van der Waals surface area contributed by atoms with Crippen molar-refractivity contribution in [2.75, 3.05) is 13.1 Å². The molecule has 2 nitrogen and oxygen atoms in total. The lowest BCUT2D eigenvalue weighted by Gasteiger charge is -2.06. The molecule has 0 aliphatic heterocycles. The van der Waals surface area contributed by atoms with Crippen LogP contribution in [0.4, 0.5) is 0 Å². The number of hydrogen-bond acceptors (Lipinski definition) is 2. The zero-order valence-electron chi connectivity index (χ0n) is 11.4. The van der Waals surface area contributed by atoms with Crippen molar-refractivity contribution in [3.63, 3.8) is 0 Å². The van der Waals surface area contributed by atoms with Gasteiger partial charge in [0.1, 0.15) is 5.75 Å². The monoisotopic (exact) mass is 323 g/mol. The van der Waals surface area contributed by atoms with E-state index in [1.165, 1.54) is 23.8 Å². The number of benzene rings is 2. The van der Waals surface area contributed by atoms with Crippen LogP contribution in [0.1, 0.15) is 25.3 Å². The quantitative estimate of drug-likeness (QED) is 0.786. The number of aromatic hydroxyl groups is 1. The summed E-state index contributed by atoms with van der Waals surface area (Å²) in [5, 5.41) is 15.2. The summed E-state index contributed by atoms with van der Waals surface area (Å²) in [5.74, 6) is 0.330. The van der Waals surface area contributed by atoms with Gasteiger partial charge < -0.3 is 10.4 Å². The number of phenols is 1. The third-order valence-corrected chi connectivity index (χ3v) is 3.19. The van der Waals surface area contributed by atoms with Crippen LogP contribution < -0.4 is 5.32 Å². The summed E-state index contributed by atoms with van der Waals surface area (Å²) < 4.78 is 0. The van der Waals surface area contributed by atoms with Gasteiger partial charge in [0, 0.05) is 0 Å². The Balaban J connectivity index is 0.00000180. The van der Waals surface area contributed by atoms with E-state index in [2.05, 4.69) is 30.4 Å². The Kier molecular flexibility index (Phi) is 6.89. The van der Waals surface area contributed by atoms with Crippen LogP contribution in [0.15, 0.2) is 36.4 Å². The first kappa shape index (κ1) is 16.0. The van der Waals surface area contributed by atoms with E-state index in [0.717, 1.165) is 24.9 Å². The molecule has 0 bridgehead atoms. The molecule has 2 rings (SSSR count). The Morgan fingerprint density at radius 3 is 2.53 bits per heavy atom. The topological polar surface area (TPSA) is 32.3 Å². The van der Waals surface area contributed by atoms with Gasteiger partial charge in [0.2, 0.25) is 0 Å². The first-order valence-electron chi connectivity index (χ1n) is 6.72. The highest BCUT2D eigenvalue weighted by atomic mass is 79.9. The summed E-state index contributed by atoms with van der Waals surface area (Å²) in [5.41, 5.74) is 1.34. The molecule has 0 heterocycles. The highest BCUT2D eigenvalue weighted by Gasteiger charge is 1.98. The van der Waals surface area contributed by atoms with E-state index in [4.69, 9.17) is 0 Å². The van der Waals surface area contributed by atoms with Crippen molar-refractivity contribution in [1.82, 2.24) is 5.32 Å². The molecule has 0 aromatic heterocycles. The minimum atomic E-state index is 0. The lowest BCUT2D eigenvalue weighted by Crippen LogP contribution is -2.18. The molecule has 0 atom stereocenters. The molecule has 3 heteroatoms. The fourth-order valence-corrected chi connectivity index (χ4v) is 2.10. The van der Waals surface area contributed by atoms with Crippen molar-refractivity contribution in [2.24, 2.45) is 0 Å². The minimum absolute atomic E-state index is 0. The Bertz CT molecular complexity index is 513. The van der Waals surface area contributed by atoms with Crippen molar-refractivity contribution >= 4 is 27.8 Å². The van der Waals surface area contributed by atoms with Crippen molar-refractivity contribution in [3.05, 3.63) is 42.0 Å². The SMILES string of the molecule is Br.CCCCNCCc1ccc2cc(O)ccc2c1. The summed E-state index contributed by atoms with van der Waals surface area (Å²) in [7, 11) is 0. The molecule has 19 heavy (non-hydrogen) atoms. The Morgan fingerprint density at radius 1 is 1.00 bits per heavy atom. The smallest absolute Gasteiger partial charge is 0.116 e. The van der Waals surface area contributed by atoms with Gasteiger partial charge in [0.15, 0.2) is 0 Å². The summed E-state index contributed by atoms with van der Waals surface area (Å²) in [4.78, 5) is 0. The second kappa shape index (κ2) is 8.18. The predicted octanol–water partition coefficient (Wildman–Crippen LogP) is 4.06. The summed E-state index contributed by atoms with van der Waals surface area (Å²) in [6, 6.07) is 11.9. The minimum Gasteiger partial charge on any atom is -0.508 e. The standard InChI is InChI=1S/C16H21NO.BrH/c1-2-3-9-17-10-8-13-4-5-15-12-16(18)7-6-14(15)11-13;/h4-7,11-12,17-18H,2-3,8-10H2,1H3;1H. The summed E-state index contributed by atoms with van der Waals surface area (Å²) in [6.07, 6.45) is 3.55. The van der Waals surface area contributed by atoms with Crippen LogP contribution in [0, 0.1) is 0 Å². The number of phenolic OH excluding ortho intramolecular Hbond substituents is 1. The maximum Gasteiger partial charge on any atom is 0.116 e. The van der Waals surface area contributed by atoms with E-state index in [-0.39, 0.29) is 17.0 Å². The average Bonchev–Trinajstić information content (AvgIpc) is 2.38. The fourth-order valence-electron chi connectivity index (χ4n) is 2.10. The largest absolute Gasteiger partial charge is 0.508 e. The second-order valence-electron chi connectivity index (χ2n) is 4.72. The van der Waals surface area contributed by atoms with Gasteiger partial charge in [-0.15, -0.1) is 17.0 Å². The third-order valence-electron chi connectivity index (χ3n) is 3.19. The molecule has 0 spiro atoms. The van der Waals surface area contributed by atoms with Crippen molar-refractivity contribution < 1.29 is 5.11 Å². The number of rotatable bonds is 6. The van der Waals surface area contributed by atoms with E-state index < -0.39 is 0 Å². The lowest BCUT2D eigenvalue weighted by molar-refractivity contribution is 0.476. The number of fused-ring (bicyclic) bond motifs is 1. The van der Waals surface area contributed by atoms with E-state index in [9.17, 15) is 5.11 Å². The van der Waals surface area contributed by atoms with Crippen LogP contribution in [-0.4, -0.2) is 18.2 Å². The van der Waals surface area contributed by atoms with Crippen LogP contribution in [0.2, 0.25) is 0 Å². The zero-order chi connectivity index (χ0) is 12.8. The van der Waals surface area contributed by atoms with Crippen molar-refractivity contribution in [1.29, 1.82) is 0 Å². The fraction of sp³-hybridized carbons (Fsp3) is 0.375. The zero-order valence-corrected chi connectivity index (χ0v) is 13.1. The van der Waals surface area contributed by atoms with Crippen LogP contribution in [-0.2, 0) is 6.42 Å². The van der Waals surface area contributed by atoms with E-state index in [0.29, 0.717) is 5.75 Å². The molecule has 104 valence electrons. The van der Waals surface area contributed by atoms with Crippen molar-refractivity contribution in [2.45, 2.75) is 26.2 Å². The summed E-state index contributed by atoms with van der Waals surface area (Å²) in [6.45, 7) is 4.35. The highest BCUT2D eigenvalue weighted by molar-refractivity contribution is 8.93. The van der Waals surface area contributed by atoms with E-state index in [1.807, 2.05) is 6.07 Å². The molecule has 2 aromatic rings. The van der Waals surface area contributed by atoms with Gasteiger partial charge in [0.25, 0.3) is 0 Å². The van der Waals surface area contributed by atoms with Gasteiger partial charge in [-0.05, 0) is 54.4 Å². The highest BCUT2D eigenvalue weighted by Crippen LogP contribution is 2.21. The maximum absolute atomic E-state index is 9.41. The Morgan fingerprint density at radius 2 is 1.74 bits per heavy atom. The van der Waals surface area contributed by atoms with Crippen LogP contribution in [0.5, 0.6) is 5.75 Å². The molecule has 0 saturated heterocycles. The molecule has 0 amide bonds. The maximum atomic E-state index is 9.41. The Hall–Kier alpha value is -1.06. The number of unbranched alkanes of at least 4 members (excludes halogenated alkanes) is 1. The number of halogens is 1. The van der Waals surface area contributed by atoms with Gasteiger partial charge in [-0.3, -0.25) is 0 Å². The molecular weight excluding hydrogens is 302 g/mol. The molecule has 0 aliphatic carbocycles. The second-order valence-corrected chi connectivity index (χ2v) is 4.72. The van der Waals surface area contributed by atoms with Crippen LogP contribution in [0.3, 0.4) is 0 Å². The molecule has 0 fully saturated rings. The van der Waals surface area contributed by atoms with Gasteiger partial charge in [0.05, 0.1) is 0 Å². The van der Waals surface area contributed by atoms with Crippen LogP contribution in [0.25, 0.3) is 10.8 Å². The lowest BCUT2D eigenvalue weighted by atomic mass is 10.0. The number of nitrogens with one attached hydrogen (secondary N) is 1. The van der Waals surface area contributed by atoms with E-state index in [1.54, 1.807) is 12.1 Å². The third kappa shape index (κ3) is 4.84. The predicted molar refractivity (Wildman–Crippen MR) is 87.4 cm³/mol. The molecule has 0 aliphatic rings. The molecule has 2 N–H and O–H groups in total. The first-order valence-corrected chi connectivity index (χ1v) is 6.72. The van der Waals surface area contributed by atoms with Gasteiger partial charge in [-0.1, -0.05) is 37.6 Å². The molecule has 0 radical (unpaired) electrons. The normalized spacial score (nSPS) is 10.4. The molecular formula is C16H22BrNO. The molecule has 0 unspecified atom stereocenters. The van der Waals surface area contributed by atoms with Crippen molar-refractivity contribution in [3.8, 4) is 5.75 Å².